The fraction of sp³-hybridized carbons (Fsp3) is 0.682. The number of hydrogen-bond acceptors (Lipinski definition) is 4. The van der Waals surface area contributed by atoms with E-state index < -0.39 is 11.9 Å². The number of allylic oxidation sites excluding steroid dienone is 3. The second-order valence-corrected chi connectivity index (χ2v) is 8.07. The van der Waals surface area contributed by atoms with Gasteiger partial charge in [0, 0.05) is 24.7 Å². The highest BCUT2D eigenvalue weighted by atomic mass is 16.4. The molecular weight excluding hydrogens is 356 g/mol. The molecule has 28 heavy (non-hydrogen) atoms. The predicted octanol–water partition coefficient (Wildman–Crippen LogP) is 3.83. The van der Waals surface area contributed by atoms with Crippen LogP contribution in [0.2, 0.25) is 0 Å². The van der Waals surface area contributed by atoms with Gasteiger partial charge in [0.25, 0.3) is 5.91 Å². The van der Waals surface area contributed by atoms with Crippen LogP contribution in [0.1, 0.15) is 73.6 Å². The third-order valence-electron chi connectivity index (χ3n) is 4.45. The molecule has 0 radical (unpaired) electrons. The first-order valence-electron chi connectivity index (χ1n) is 10.2. The number of aldehydes is 1. The van der Waals surface area contributed by atoms with E-state index in [-0.39, 0.29) is 18.0 Å². The van der Waals surface area contributed by atoms with Gasteiger partial charge in [0.2, 0.25) is 0 Å². The number of hydrogen-bond donors (Lipinski definition) is 3. The van der Waals surface area contributed by atoms with Crippen LogP contribution in [-0.2, 0) is 14.4 Å². The molecule has 0 fully saturated rings. The van der Waals surface area contributed by atoms with Crippen LogP contribution in [0.3, 0.4) is 0 Å². The van der Waals surface area contributed by atoms with Crippen molar-refractivity contribution in [3.05, 3.63) is 22.9 Å². The SMILES string of the molecule is CC/C(NCCC(C)C)=C(C)/C=C(\C=O)C(=O)NC(CCC(=O)O)CC(C)C. The summed E-state index contributed by atoms with van der Waals surface area (Å²) in [5.41, 5.74) is 1.92. The monoisotopic (exact) mass is 394 g/mol. The summed E-state index contributed by atoms with van der Waals surface area (Å²) in [4.78, 5) is 34.9. The first kappa shape index (κ1) is 25.9. The molecule has 0 aromatic carbocycles. The van der Waals surface area contributed by atoms with Crippen molar-refractivity contribution in [2.75, 3.05) is 6.54 Å². The number of nitrogens with one attached hydrogen (secondary N) is 2. The Balaban J connectivity index is 5.24. The van der Waals surface area contributed by atoms with Gasteiger partial charge >= 0.3 is 5.97 Å². The van der Waals surface area contributed by atoms with Crippen molar-refractivity contribution >= 4 is 18.2 Å². The van der Waals surface area contributed by atoms with Gasteiger partial charge < -0.3 is 15.7 Å². The van der Waals surface area contributed by atoms with Gasteiger partial charge in [-0.1, -0.05) is 34.6 Å². The number of carbonyl (C=O) groups is 3. The lowest BCUT2D eigenvalue weighted by atomic mass is 9.99. The summed E-state index contributed by atoms with van der Waals surface area (Å²) in [6.07, 6.45) is 4.98. The number of carboxylic acid groups (broad SMARTS) is 1. The molecule has 1 unspecified atom stereocenters. The Morgan fingerprint density at radius 1 is 1.07 bits per heavy atom. The Bertz CT molecular complexity index is 577. The molecule has 0 aliphatic carbocycles. The van der Waals surface area contributed by atoms with E-state index in [4.69, 9.17) is 5.11 Å². The van der Waals surface area contributed by atoms with Crippen LogP contribution in [0.4, 0.5) is 0 Å². The van der Waals surface area contributed by atoms with Gasteiger partial charge in [-0.3, -0.25) is 14.4 Å². The zero-order valence-corrected chi connectivity index (χ0v) is 18.3. The first-order chi connectivity index (χ1) is 13.1. The highest BCUT2D eigenvalue weighted by molar-refractivity contribution is 6.11. The van der Waals surface area contributed by atoms with E-state index in [1.807, 2.05) is 27.7 Å². The molecular formula is C22H38N2O4. The third-order valence-corrected chi connectivity index (χ3v) is 4.45. The average Bonchev–Trinajstić information content (AvgIpc) is 2.60. The summed E-state index contributed by atoms with van der Waals surface area (Å²) in [6.45, 7) is 13.1. The van der Waals surface area contributed by atoms with Gasteiger partial charge in [0.05, 0.1) is 5.57 Å². The quantitative estimate of drug-likeness (QED) is 0.137. The maximum absolute atomic E-state index is 12.6. The molecule has 0 bridgehead atoms. The van der Waals surface area contributed by atoms with E-state index in [2.05, 4.69) is 24.5 Å². The summed E-state index contributed by atoms with van der Waals surface area (Å²) < 4.78 is 0. The maximum atomic E-state index is 12.6. The van der Waals surface area contributed by atoms with Gasteiger partial charge in [-0.25, -0.2) is 0 Å². The molecule has 0 heterocycles. The van der Waals surface area contributed by atoms with Crippen molar-refractivity contribution in [3.8, 4) is 0 Å². The highest BCUT2D eigenvalue weighted by Gasteiger charge is 2.18. The van der Waals surface area contributed by atoms with Gasteiger partial charge in [0.1, 0.15) is 0 Å². The van der Waals surface area contributed by atoms with Gasteiger partial charge in [0.15, 0.2) is 6.29 Å². The number of amides is 1. The molecule has 6 nitrogen and oxygen atoms in total. The first-order valence-corrected chi connectivity index (χ1v) is 10.2. The maximum Gasteiger partial charge on any atom is 0.303 e. The molecule has 0 aromatic rings. The molecule has 160 valence electrons. The third kappa shape index (κ3) is 11.6. The minimum atomic E-state index is -0.895. The molecule has 0 aliphatic heterocycles. The second kappa shape index (κ2) is 14.0. The lowest BCUT2D eigenvalue weighted by molar-refractivity contribution is -0.137. The lowest BCUT2D eigenvalue weighted by Gasteiger charge is -2.20. The minimum Gasteiger partial charge on any atom is -0.481 e. The summed E-state index contributed by atoms with van der Waals surface area (Å²) in [6, 6.07) is -0.272. The van der Waals surface area contributed by atoms with E-state index in [9.17, 15) is 14.4 Å². The van der Waals surface area contributed by atoms with Crippen LogP contribution in [0.25, 0.3) is 0 Å². The van der Waals surface area contributed by atoms with Crippen LogP contribution in [0, 0.1) is 11.8 Å². The molecule has 6 heteroatoms. The van der Waals surface area contributed by atoms with Crippen molar-refractivity contribution in [2.45, 2.75) is 79.7 Å². The smallest absolute Gasteiger partial charge is 0.303 e. The number of rotatable bonds is 14. The Hall–Kier alpha value is -2.11. The molecule has 0 aliphatic rings. The van der Waals surface area contributed by atoms with Crippen LogP contribution >= 0.6 is 0 Å². The zero-order valence-electron chi connectivity index (χ0n) is 18.3. The predicted molar refractivity (Wildman–Crippen MR) is 113 cm³/mol. The topological polar surface area (TPSA) is 95.5 Å². The van der Waals surface area contributed by atoms with E-state index in [0.717, 1.165) is 30.7 Å². The standard InChI is InChI=1S/C22H38N2O4/c1-7-20(23-11-10-15(2)3)17(6)13-18(14-25)22(28)24-19(12-16(4)5)8-9-21(26)27/h13-16,19,23H,7-12H2,1-6H3,(H,24,28)(H,26,27)/b18-13+,20-17-. The summed E-state index contributed by atoms with van der Waals surface area (Å²) >= 11 is 0. The number of carboxylic acids is 1. The molecule has 0 spiro atoms. The van der Waals surface area contributed by atoms with E-state index in [0.29, 0.717) is 31.0 Å². The van der Waals surface area contributed by atoms with Crippen LogP contribution in [0.15, 0.2) is 22.9 Å². The summed E-state index contributed by atoms with van der Waals surface area (Å²) in [7, 11) is 0. The molecule has 0 saturated carbocycles. The fourth-order valence-corrected chi connectivity index (χ4v) is 2.91. The van der Waals surface area contributed by atoms with Gasteiger partial charge in [-0.2, -0.15) is 0 Å². The van der Waals surface area contributed by atoms with E-state index in [1.54, 1.807) is 6.08 Å². The van der Waals surface area contributed by atoms with Crippen molar-refractivity contribution < 1.29 is 19.5 Å². The Morgan fingerprint density at radius 3 is 2.18 bits per heavy atom. The molecule has 0 aromatic heterocycles. The Labute approximate surface area is 169 Å². The normalized spacial score (nSPS) is 13.9. The van der Waals surface area contributed by atoms with Crippen molar-refractivity contribution in [1.82, 2.24) is 10.6 Å². The fourth-order valence-electron chi connectivity index (χ4n) is 2.91. The largest absolute Gasteiger partial charge is 0.481 e. The molecule has 1 amide bonds. The zero-order chi connectivity index (χ0) is 21.7. The number of carbonyl (C=O) groups excluding carboxylic acids is 2. The van der Waals surface area contributed by atoms with Crippen LogP contribution in [-0.4, -0.2) is 35.9 Å². The summed E-state index contributed by atoms with van der Waals surface area (Å²) in [5.74, 6) is -0.446. The summed E-state index contributed by atoms with van der Waals surface area (Å²) in [5, 5.41) is 15.1. The second-order valence-electron chi connectivity index (χ2n) is 8.07. The molecule has 1 atom stereocenters. The van der Waals surface area contributed by atoms with Gasteiger partial charge in [-0.05, 0) is 56.1 Å². The van der Waals surface area contributed by atoms with Crippen LogP contribution in [0.5, 0.6) is 0 Å². The van der Waals surface area contributed by atoms with Crippen LogP contribution < -0.4 is 10.6 Å². The van der Waals surface area contributed by atoms with E-state index in [1.165, 1.54) is 0 Å². The van der Waals surface area contributed by atoms with Gasteiger partial charge in [-0.15, -0.1) is 0 Å². The van der Waals surface area contributed by atoms with Crippen molar-refractivity contribution in [1.29, 1.82) is 0 Å². The van der Waals surface area contributed by atoms with Crippen molar-refractivity contribution in [3.63, 3.8) is 0 Å². The highest BCUT2D eigenvalue weighted by Crippen LogP contribution is 2.13. The number of aliphatic carboxylic acids is 1. The Morgan fingerprint density at radius 2 is 1.71 bits per heavy atom. The minimum absolute atomic E-state index is 0.0174. The lowest BCUT2D eigenvalue weighted by Crippen LogP contribution is -2.37. The Kier molecular flexibility index (Phi) is 12.9. The molecule has 0 rings (SSSR count). The molecule has 0 saturated heterocycles. The average molecular weight is 395 g/mol. The molecule has 3 N–H and O–H groups in total. The van der Waals surface area contributed by atoms with E-state index >= 15 is 0 Å². The van der Waals surface area contributed by atoms with Crippen molar-refractivity contribution in [2.24, 2.45) is 11.8 Å².